The van der Waals surface area contributed by atoms with Gasteiger partial charge in [0, 0.05) is 38.1 Å². The number of benzene rings is 1. The monoisotopic (exact) mass is 397 g/mol. The largest absolute Gasteiger partial charge is 0.352 e. The van der Waals surface area contributed by atoms with Gasteiger partial charge in [-0.3, -0.25) is 14.5 Å². The molecular formula is C24H35N3O2. The van der Waals surface area contributed by atoms with Gasteiger partial charge < -0.3 is 10.2 Å². The molecule has 1 N–H and O–H groups in total. The van der Waals surface area contributed by atoms with Crippen molar-refractivity contribution in [3.05, 3.63) is 34.9 Å². The van der Waals surface area contributed by atoms with Crippen molar-refractivity contribution in [2.75, 3.05) is 26.2 Å². The number of nitrogens with zero attached hydrogens (tertiary/aromatic N) is 2. The average molecular weight is 398 g/mol. The van der Waals surface area contributed by atoms with Crippen LogP contribution in [0.3, 0.4) is 0 Å². The lowest BCUT2D eigenvalue weighted by Crippen LogP contribution is -2.51. The zero-order valence-corrected chi connectivity index (χ0v) is 18.0. The second-order valence-corrected chi connectivity index (χ2v) is 9.31. The lowest BCUT2D eigenvalue weighted by atomic mass is 9.93. The Hall–Kier alpha value is -1.88. The number of carbonyl (C=O) groups excluding carboxylic acids is 2. The first-order valence-corrected chi connectivity index (χ1v) is 11.4. The van der Waals surface area contributed by atoms with Crippen molar-refractivity contribution in [1.29, 1.82) is 0 Å². The maximum atomic E-state index is 12.8. The van der Waals surface area contributed by atoms with Gasteiger partial charge in [0.25, 0.3) is 0 Å². The van der Waals surface area contributed by atoms with Crippen LogP contribution in [-0.4, -0.2) is 53.8 Å². The highest BCUT2D eigenvalue weighted by Crippen LogP contribution is 2.32. The summed E-state index contributed by atoms with van der Waals surface area (Å²) < 4.78 is 0. The summed E-state index contributed by atoms with van der Waals surface area (Å²) >= 11 is 0. The number of rotatable bonds is 5. The van der Waals surface area contributed by atoms with Gasteiger partial charge in [-0.05, 0) is 70.0 Å². The Balaban J connectivity index is 1.26. The molecule has 3 aliphatic rings. The molecule has 0 bridgehead atoms. The SMILES string of the molecule is Cc1ccc(C)c(CNC(=O)[C@H]2CCCN(C3CCN(C(=O)C4CC4)CC3)C2)c1. The van der Waals surface area contributed by atoms with E-state index < -0.39 is 0 Å². The molecule has 0 radical (unpaired) electrons. The second-order valence-electron chi connectivity index (χ2n) is 9.31. The first-order valence-electron chi connectivity index (χ1n) is 11.4. The molecule has 5 heteroatoms. The summed E-state index contributed by atoms with van der Waals surface area (Å²) in [5, 5.41) is 3.18. The van der Waals surface area contributed by atoms with Crippen LogP contribution >= 0.6 is 0 Å². The molecule has 1 aromatic carbocycles. The molecule has 2 saturated heterocycles. The van der Waals surface area contributed by atoms with Gasteiger partial charge in [0.05, 0.1) is 5.92 Å². The standard InChI is InChI=1S/C24H35N3O2/c1-17-5-6-18(2)21(14-17)15-25-23(28)20-4-3-11-27(16-20)22-9-12-26(13-10-22)24(29)19-7-8-19/h5-6,14,19-20,22H,3-4,7-13,15-16H2,1-2H3,(H,25,28)/t20-/m0/s1. The Morgan fingerprint density at radius 1 is 1.00 bits per heavy atom. The van der Waals surface area contributed by atoms with Crippen LogP contribution < -0.4 is 5.32 Å². The molecular weight excluding hydrogens is 362 g/mol. The van der Waals surface area contributed by atoms with Gasteiger partial charge in [-0.15, -0.1) is 0 Å². The highest BCUT2D eigenvalue weighted by Gasteiger charge is 2.37. The van der Waals surface area contributed by atoms with Crippen LogP contribution in [0.15, 0.2) is 18.2 Å². The quantitative estimate of drug-likeness (QED) is 0.831. The molecule has 1 saturated carbocycles. The molecule has 1 aromatic rings. The Bertz CT molecular complexity index is 750. The van der Waals surface area contributed by atoms with Gasteiger partial charge in [0.2, 0.25) is 11.8 Å². The molecule has 0 spiro atoms. The number of nitrogens with one attached hydrogen (secondary N) is 1. The van der Waals surface area contributed by atoms with Crippen molar-refractivity contribution < 1.29 is 9.59 Å². The number of amides is 2. The normalized spacial score (nSPS) is 23.8. The lowest BCUT2D eigenvalue weighted by Gasteiger charge is -2.42. The van der Waals surface area contributed by atoms with Crippen molar-refractivity contribution >= 4 is 11.8 Å². The maximum absolute atomic E-state index is 12.8. The Morgan fingerprint density at radius 2 is 1.76 bits per heavy atom. The van der Waals surface area contributed by atoms with Gasteiger partial charge in [0.15, 0.2) is 0 Å². The average Bonchev–Trinajstić information content (AvgIpc) is 3.59. The molecule has 3 fully saturated rings. The van der Waals surface area contributed by atoms with E-state index in [0.29, 0.717) is 24.4 Å². The Labute approximate surface area is 174 Å². The summed E-state index contributed by atoms with van der Waals surface area (Å²) in [5.74, 6) is 0.981. The Morgan fingerprint density at radius 3 is 2.48 bits per heavy atom. The number of carbonyl (C=O) groups is 2. The van der Waals surface area contributed by atoms with Crippen LogP contribution in [0, 0.1) is 25.7 Å². The zero-order valence-electron chi connectivity index (χ0n) is 18.0. The summed E-state index contributed by atoms with van der Waals surface area (Å²) in [6, 6.07) is 6.93. The van der Waals surface area contributed by atoms with Crippen LogP contribution in [0.2, 0.25) is 0 Å². The van der Waals surface area contributed by atoms with Crippen molar-refractivity contribution in [2.45, 2.75) is 65.0 Å². The van der Waals surface area contributed by atoms with Crippen LogP contribution in [0.4, 0.5) is 0 Å². The van der Waals surface area contributed by atoms with Crippen molar-refractivity contribution in [2.24, 2.45) is 11.8 Å². The van der Waals surface area contributed by atoms with Crippen LogP contribution in [0.5, 0.6) is 0 Å². The number of hydrogen-bond acceptors (Lipinski definition) is 3. The molecule has 29 heavy (non-hydrogen) atoms. The smallest absolute Gasteiger partial charge is 0.225 e. The predicted molar refractivity (Wildman–Crippen MR) is 114 cm³/mol. The molecule has 2 heterocycles. The van der Waals surface area contributed by atoms with Gasteiger partial charge in [-0.2, -0.15) is 0 Å². The molecule has 4 rings (SSSR count). The zero-order chi connectivity index (χ0) is 20.4. The summed E-state index contributed by atoms with van der Waals surface area (Å²) in [4.78, 5) is 29.7. The topological polar surface area (TPSA) is 52.7 Å². The lowest BCUT2D eigenvalue weighted by molar-refractivity contribution is -0.134. The predicted octanol–water partition coefficient (Wildman–Crippen LogP) is 3.03. The Kier molecular flexibility index (Phi) is 6.23. The highest BCUT2D eigenvalue weighted by atomic mass is 16.2. The van der Waals surface area contributed by atoms with E-state index in [2.05, 4.69) is 47.2 Å². The van der Waals surface area contributed by atoms with E-state index in [9.17, 15) is 9.59 Å². The van der Waals surface area contributed by atoms with E-state index in [1.54, 1.807) is 0 Å². The molecule has 5 nitrogen and oxygen atoms in total. The van der Waals surface area contributed by atoms with Crippen LogP contribution in [-0.2, 0) is 16.1 Å². The van der Waals surface area contributed by atoms with Crippen molar-refractivity contribution in [3.63, 3.8) is 0 Å². The summed E-state index contributed by atoms with van der Waals surface area (Å²) in [5.41, 5.74) is 3.67. The number of likely N-dealkylation sites (tertiary alicyclic amines) is 2. The van der Waals surface area contributed by atoms with Crippen molar-refractivity contribution in [3.8, 4) is 0 Å². The first kappa shape index (κ1) is 20.4. The number of hydrogen-bond donors (Lipinski definition) is 1. The molecule has 158 valence electrons. The van der Waals surface area contributed by atoms with E-state index >= 15 is 0 Å². The van der Waals surface area contributed by atoms with E-state index in [-0.39, 0.29) is 11.8 Å². The highest BCUT2D eigenvalue weighted by molar-refractivity contribution is 5.81. The van der Waals surface area contributed by atoms with Gasteiger partial charge in [0.1, 0.15) is 0 Å². The molecule has 2 amide bonds. The van der Waals surface area contributed by atoms with Gasteiger partial charge >= 0.3 is 0 Å². The molecule has 1 aliphatic carbocycles. The third-order valence-corrected chi connectivity index (χ3v) is 7.00. The fourth-order valence-corrected chi connectivity index (χ4v) is 4.91. The van der Waals surface area contributed by atoms with Gasteiger partial charge in [-0.25, -0.2) is 0 Å². The van der Waals surface area contributed by atoms with Crippen LogP contribution in [0.1, 0.15) is 55.2 Å². The fraction of sp³-hybridized carbons (Fsp3) is 0.667. The number of aryl methyl sites for hydroxylation is 2. The second kappa shape index (κ2) is 8.86. The summed E-state index contributed by atoms with van der Waals surface area (Å²) in [6.07, 6.45) is 6.34. The fourth-order valence-electron chi connectivity index (χ4n) is 4.91. The minimum Gasteiger partial charge on any atom is -0.352 e. The van der Waals surface area contributed by atoms with Gasteiger partial charge in [-0.1, -0.05) is 23.8 Å². The third-order valence-electron chi connectivity index (χ3n) is 7.00. The summed E-state index contributed by atoms with van der Waals surface area (Å²) in [7, 11) is 0. The third kappa shape index (κ3) is 5.00. The molecule has 2 aliphatic heterocycles. The maximum Gasteiger partial charge on any atom is 0.225 e. The summed E-state index contributed by atoms with van der Waals surface area (Å²) in [6.45, 7) is 8.53. The van der Waals surface area contributed by atoms with E-state index in [4.69, 9.17) is 0 Å². The van der Waals surface area contributed by atoms with E-state index in [0.717, 1.165) is 64.7 Å². The van der Waals surface area contributed by atoms with Crippen LogP contribution in [0.25, 0.3) is 0 Å². The minimum absolute atomic E-state index is 0.0833. The first-order chi connectivity index (χ1) is 14.0. The minimum atomic E-state index is 0.0833. The van der Waals surface area contributed by atoms with Crippen molar-refractivity contribution in [1.82, 2.24) is 15.1 Å². The molecule has 0 unspecified atom stereocenters. The number of piperidine rings is 2. The molecule has 1 atom stereocenters. The molecule has 0 aromatic heterocycles. The van der Waals surface area contributed by atoms with E-state index in [1.165, 1.54) is 16.7 Å². The van der Waals surface area contributed by atoms with E-state index in [1.807, 2.05) is 0 Å².